The largest absolute Gasteiger partial charge is 0.310 e. The quantitative estimate of drug-likeness (QED) is 0.906. The maximum Gasteiger partial charge on any atom is 0.190 e. The Morgan fingerprint density at radius 1 is 1.63 bits per heavy atom. The molecule has 1 aromatic heterocycles. The van der Waals surface area contributed by atoms with Gasteiger partial charge in [-0.3, -0.25) is 0 Å². The van der Waals surface area contributed by atoms with E-state index in [0.717, 1.165) is 6.26 Å². The maximum absolute atomic E-state index is 12.4. The Labute approximate surface area is 124 Å². The summed E-state index contributed by atoms with van der Waals surface area (Å²) in [6, 6.07) is 0.271. The van der Waals surface area contributed by atoms with E-state index in [0.29, 0.717) is 11.3 Å². The van der Waals surface area contributed by atoms with Gasteiger partial charge in [-0.15, -0.1) is 11.3 Å². The van der Waals surface area contributed by atoms with Crippen LogP contribution in [0.5, 0.6) is 0 Å². The molecule has 0 radical (unpaired) electrons. The Morgan fingerprint density at radius 3 is 2.89 bits per heavy atom. The fourth-order valence-corrected chi connectivity index (χ4v) is 6.62. The minimum atomic E-state index is -3.73. The molecule has 0 unspecified atom stereocenters. The lowest BCUT2D eigenvalue weighted by Gasteiger charge is -2.27. The first-order valence-electron chi connectivity index (χ1n) is 7.93. The Hall–Kier alpha value is -0.440. The van der Waals surface area contributed by atoms with Crippen LogP contribution in [0.1, 0.15) is 38.7 Å². The average molecular weight is 328 g/mol. The fourth-order valence-electron chi connectivity index (χ4n) is 2.01. The van der Waals surface area contributed by atoms with Gasteiger partial charge in [-0.05, 0) is 31.5 Å². The summed E-state index contributed by atoms with van der Waals surface area (Å²) in [4.78, 5) is 0. The number of thiophene rings is 1. The predicted octanol–water partition coefficient (Wildman–Crippen LogP) is 1.37. The van der Waals surface area contributed by atoms with E-state index in [9.17, 15) is 16.8 Å². The molecule has 108 valence electrons. The van der Waals surface area contributed by atoms with Crippen molar-refractivity contribution >= 4 is 31.0 Å². The molecule has 2 atom stereocenters. The number of fused-ring (bicyclic) bond motifs is 1. The molecule has 2 heterocycles. The average Bonchev–Trinajstić information content (AvgIpc) is 2.80. The molecule has 0 fully saturated rings. The van der Waals surface area contributed by atoms with Gasteiger partial charge in [-0.25, -0.2) is 16.8 Å². The molecule has 0 saturated carbocycles. The Kier molecular flexibility index (Phi) is 2.41. The van der Waals surface area contributed by atoms with Crippen molar-refractivity contribution in [2.75, 3.05) is 12.8 Å². The van der Waals surface area contributed by atoms with Gasteiger partial charge in [-0.2, -0.15) is 0 Å². The maximum atomic E-state index is 12.4. The first-order chi connectivity index (χ1) is 10.6. The SMILES string of the molecule is [2H]C([2H])([2H])C([2H])([2H])N[C@H]1C[C@H](C)S(=O)(=O)c2sc(S(C)(=O)=O)cc21. The van der Waals surface area contributed by atoms with Crippen molar-refractivity contribution in [2.24, 2.45) is 0 Å². The molecule has 0 bridgehead atoms. The summed E-state index contributed by atoms with van der Waals surface area (Å²) in [6.07, 6.45) is 0.898. The first kappa shape index (κ1) is 9.49. The second-order valence-corrected chi connectivity index (χ2v) is 10.3. The zero-order valence-electron chi connectivity index (χ0n) is 15.3. The lowest BCUT2D eigenvalue weighted by molar-refractivity contribution is 0.477. The lowest BCUT2D eigenvalue weighted by Crippen LogP contribution is -2.33. The summed E-state index contributed by atoms with van der Waals surface area (Å²) < 4.78 is 85.1. The summed E-state index contributed by atoms with van der Waals surface area (Å²) >= 11 is 0.611. The predicted molar refractivity (Wildman–Crippen MR) is 75.1 cm³/mol. The summed E-state index contributed by atoms with van der Waals surface area (Å²) in [6.45, 7) is -4.27. The van der Waals surface area contributed by atoms with Gasteiger partial charge in [0.25, 0.3) is 0 Å². The van der Waals surface area contributed by atoms with E-state index in [4.69, 9.17) is 6.85 Å². The van der Waals surface area contributed by atoms with Crippen molar-refractivity contribution in [3.8, 4) is 0 Å². The second-order valence-electron chi connectivity index (χ2n) is 4.49. The molecule has 0 aliphatic carbocycles. The monoisotopic (exact) mass is 328 g/mol. The fraction of sp³-hybridized carbons (Fsp3) is 0.636. The normalized spacial score (nSPS) is 31.4. The van der Waals surface area contributed by atoms with Gasteiger partial charge in [0.2, 0.25) is 0 Å². The van der Waals surface area contributed by atoms with Gasteiger partial charge in [0.1, 0.15) is 8.42 Å². The van der Waals surface area contributed by atoms with E-state index in [2.05, 4.69) is 5.32 Å². The van der Waals surface area contributed by atoms with E-state index in [1.165, 1.54) is 13.0 Å². The van der Waals surface area contributed by atoms with Gasteiger partial charge in [0.15, 0.2) is 19.7 Å². The molecule has 0 saturated heterocycles. The Bertz CT molecular complexity index is 857. The highest BCUT2D eigenvalue weighted by Gasteiger charge is 2.38. The van der Waals surface area contributed by atoms with E-state index in [-0.39, 0.29) is 20.4 Å². The summed E-state index contributed by atoms with van der Waals surface area (Å²) in [5, 5.41) is 1.45. The third kappa shape index (κ3) is 2.58. The second kappa shape index (κ2) is 4.83. The van der Waals surface area contributed by atoms with E-state index in [1.54, 1.807) is 0 Å². The van der Waals surface area contributed by atoms with Crippen molar-refractivity contribution in [1.29, 1.82) is 0 Å². The summed E-state index contributed by atoms with van der Waals surface area (Å²) in [5.41, 5.74) is 0.103. The topological polar surface area (TPSA) is 80.3 Å². The molecular formula is C11H17NO4S3. The van der Waals surface area contributed by atoms with Crippen LogP contribution in [0.4, 0.5) is 0 Å². The smallest absolute Gasteiger partial charge is 0.190 e. The van der Waals surface area contributed by atoms with Crippen LogP contribution < -0.4 is 5.32 Å². The van der Waals surface area contributed by atoms with Crippen LogP contribution in [0.25, 0.3) is 0 Å². The zero-order valence-corrected chi connectivity index (χ0v) is 12.7. The molecule has 1 aliphatic rings. The molecule has 8 heteroatoms. The number of sulfone groups is 2. The minimum absolute atomic E-state index is 0.0507. The Balaban J connectivity index is 2.57. The van der Waals surface area contributed by atoms with Crippen LogP contribution in [0.2, 0.25) is 0 Å². The number of hydrogen-bond donors (Lipinski definition) is 1. The molecule has 2 rings (SSSR count). The van der Waals surface area contributed by atoms with Crippen LogP contribution in [-0.4, -0.2) is 34.8 Å². The number of nitrogens with one attached hydrogen (secondary N) is 1. The third-order valence-electron chi connectivity index (χ3n) is 3.05. The number of hydrogen-bond acceptors (Lipinski definition) is 6. The molecular weight excluding hydrogens is 306 g/mol. The molecule has 0 spiro atoms. The molecule has 1 N–H and O–H groups in total. The van der Waals surface area contributed by atoms with Gasteiger partial charge in [0.05, 0.1) is 5.25 Å². The van der Waals surface area contributed by atoms with Crippen LogP contribution in [0.15, 0.2) is 14.5 Å². The molecule has 1 aliphatic heterocycles. The van der Waals surface area contributed by atoms with Gasteiger partial charge in [-0.1, -0.05) is 6.85 Å². The molecule has 0 amide bonds. The van der Waals surface area contributed by atoms with Crippen molar-refractivity contribution in [3.63, 3.8) is 0 Å². The van der Waals surface area contributed by atoms with Gasteiger partial charge in [0, 0.05) is 19.2 Å². The molecule has 1 aromatic rings. The van der Waals surface area contributed by atoms with Gasteiger partial charge >= 0.3 is 0 Å². The summed E-state index contributed by atoms with van der Waals surface area (Å²) in [5.74, 6) is 0. The van der Waals surface area contributed by atoms with E-state index in [1.807, 2.05) is 0 Å². The van der Waals surface area contributed by atoms with Crippen LogP contribution in [0.3, 0.4) is 0 Å². The van der Waals surface area contributed by atoms with Crippen molar-refractivity contribution in [3.05, 3.63) is 11.6 Å². The Morgan fingerprint density at radius 2 is 2.32 bits per heavy atom. The third-order valence-corrected chi connectivity index (χ3v) is 8.74. The van der Waals surface area contributed by atoms with Crippen molar-refractivity contribution in [1.82, 2.24) is 5.32 Å². The first-order valence-corrected chi connectivity index (χ1v) is 9.68. The highest BCUT2D eigenvalue weighted by molar-refractivity contribution is 7.96. The van der Waals surface area contributed by atoms with Crippen LogP contribution in [-0.2, 0) is 19.7 Å². The van der Waals surface area contributed by atoms with Crippen molar-refractivity contribution < 1.29 is 23.7 Å². The van der Waals surface area contributed by atoms with Crippen LogP contribution >= 0.6 is 11.3 Å². The zero-order chi connectivity index (χ0) is 18.7. The standard InChI is InChI=1S/C11H17NO4S3/c1-4-12-9-5-7(2)19(15,16)11-8(9)6-10(17-11)18(3,13)14/h6-7,9,12H,4-5H2,1-3H3/t7-,9-/m0/s1/i1D3,4D2. The van der Waals surface area contributed by atoms with E-state index >= 15 is 0 Å². The minimum Gasteiger partial charge on any atom is -0.310 e. The van der Waals surface area contributed by atoms with E-state index < -0.39 is 44.3 Å². The molecule has 0 aromatic carbocycles. The van der Waals surface area contributed by atoms with Crippen LogP contribution in [0, 0.1) is 0 Å². The highest BCUT2D eigenvalue weighted by atomic mass is 32.3. The molecule has 5 nitrogen and oxygen atoms in total. The van der Waals surface area contributed by atoms with Gasteiger partial charge < -0.3 is 5.32 Å². The lowest BCUT2D eigenvalue weighted by atomic mass is 10.1. The molecule has 19 heavy (non-hydrogen) atoms. The highest BCUT2D eigenvalue weighted by Crippen LogP contribution is 2.42. The number of rotatable bonds is 3. The summed E-state index contributed by atoms with van der Waals surface area (Å²) in [7, 11) is -7.37. The van der Waals surface area contributed by atoms with Crippen molar-refractivity contribution in [2.45, 2.75) is 39.9 Å².